The molecule has 0 spiro atoms. The number of nitrogens with zero attached hydrogens (tertiary/aromatic N) is 2. The molecule has 4 aliphatic rings. The fourth-order valence-electron chi connectivity index (χ4n) is 5.47. The van der Waals surface area contributed by atoms with Crippen LogP contribution in [0.3, 0.4) is 0 Å². The summed E-state index contributed by atoms with van der Waals surface area (Å²) in [4.78, 5) is 5.19. The summed E-state index contributed by atoms with van der Waals surface area (Å²) >= 11 is 0. The van der Waals surface area contributed by atoms with Crippen molar-refractivity contribution < 1.29 is 4.74 Å². The lowest BCUT2D eigenvalue weighted by molar-refractivity contribution is 0.130. The van der Waals surface area contributed by atoms with Crippen molar-refractivity contribution in [3.8, 4) is 0 Å². The molecule has 134 valence electrons. The van der Waals surface area contributed by atoms with E-state index in [4.69, 9.17) is 4.74 Å². The van der Waals surface area contributed by atoms with E-state index < -0.39 is 0 Å². The molecule has 2 atom stereocenters. The topological polar surface area (TPSA) is 27.7 Å². The molecule has 0 bridgehead atoms. The minimum absolute atomic E-state index is 0.625. The molecule has 2 aromatic rings. The van der Waals surface area contributed by atoms with Gasteiger partial charge in [-0.1, -0.05) is 24.3 Å². The Labute approximate surface area is 154 Å². The number of anilines is 2. The number of hydrogen-bond donors (Lipinski definition) is 1. The summed E-state index contributed by atoms with van der Waals surface area (Å²) in [5.41, 5.74) is 8.73. The molecule has 6 rings (SSSR count). The zero-order valence-electron chi connectivity index (χ0n) is 15.1. The lowest BCUT2D eigenvalue weighted by atomic mass is 9.89. The highest BCUT2D eigenvalue weighted by Gasteiger charge is 2.42. The Morgan fingerprint density at radius 3 is 2.73 bits per heavy atom. The van der Waals surface area contributed by atoms with Gasteiger partial charge in [0.2, 0.25) is 0 Å². The maximum atomic E-state index is 5.96. The predicted octanol–water partition coefficient (Wildman–Crippen LogP) is 3.00. The zero-order valence-corrected chi connectivity index (χ0v) is 15.1. The molecule has 0 saturated carbocycles. The Bertz CT molecular complexity index is 839. The van der Waals surface area contributed by atoms with Gasteiger partial charge in [-0.3, -0.25) is 0 Å². The van der Waals surface area contributed by atoms with Crippen LogP contribution >= 0.6 is 0 Å². The molecule has 0 radical (unpaired) electrons. The highest BCUT2D eigenvalue weighted by molar-refractivity contribution is 5.73. The van der Waals surface area contributed by atoms with Gasteiger partial charge in [-0.15, -0.1) is 0 Å². The van der Waals surface area contributed by atoms with E-state index >= 15 is 0 Å². The molecule has 2 unspecified atom stereocenters. The van der Waals surface area contributed by atoms with E-state index in [1.807, 2.05) is 0 Å². The summed E-state index contributed by atoms with van der Waals surface area (Å²) in [5, 5.41) is 3.63. The van der Waals surface area contributed by atoms with Crippen molar-refractivity contribution in [3.63, 3.8) is 0 Å². The van der Waals surface area contributed by atoms with E-state index in [1.165, 1.54) is 34.5 Å². The van der Waals surface area contributed by atoms with E-state index in [2.05, 4.69) is 51.5 Å². The van der Waals surface area contributed by atoms with Crippen LogP contribution in [0.4, 0.5) is 11.4 Å². The molecule has 4 heteroatoms. The first-order chi connectivity index (χ1) is 12.9. The molecule has 0 aliphatic carbocycles. The summed E-state index contributed by atoms with van der Waals surface area (Å²) in [7, 11) is 0. The normalized spacial score (nSPS) is 26.3. The number of hydrogen-bond acceptors (Lipinski definition) is 4. The van der Waals surface area contributed by atoms with Crippen molar-refractivity contribution >= 4 is 11.4 Å². The van der Waals surface area contributed by atoms with E-state index in [0.29, 0.717) is 12.0 Å². The summed E-state index contributed by atoms with van der Waals surface area (Å²) in [6.07, 6.45) is 1.24. The van der Waals surface area contributed by atoms with Crippen LogP contribution in [0, 0.1) is 0 Å². The quantitative estimate of drug-likeness (QED) is 0.858. The van der Waals surface area contributed by atoms with Crippen LogP contribution in [-0.2, 0) is 24.4 Å². The van der Waals surface area contributed by atoms with Crippen LogP contribution in [0.15, 0.2) is 36.4 Å². The van der Waals surface area contributed by atoms with Gasteiger partial charge in [0.1, 0.15) is 0 Å². The van der Waals surface area contributed by atoms with E-state index in [-0.39, 0.29) is 0 Å². The van der Waals surface area contributed by atoms with Gasteiger partial charge >= 0.3 is 0 Å². The number of piperidine rings is 1. The highest BCUT2D eigenvalue weighted by atomic mass is 16.5. The first-order valence-electron chi connectivity index (χ1n) is 9.92. The lowest BCUT2D eigenvalue weighted by Crippen LogP contribution is -2.44. The fourth-order valence-corrected chi connectivity index (χ4v) is 5.47. The molecule has 1 fully saturated rings. The molecule has 26 heavy (non-hydrogen) atoms. The smallest absolute Gasteiger partial charge is 0.0738 e. The van der Waals surface area contributed by atoms with Gasteiger partial charge in [0, 0.05) is 55.1 Å². The molecular weight excluding hydrogens is 322 g/mol. The van der Waals surface area contributed by atoms with Crippen molar-refractivity contribution in [2.45, 2.75) is 38.1 Å². The molecule has 4 aliphatic heterocycles. The van der Waals surface area contributed by atoms with E-state index in [1.54, 1.807) is 5.56 Å². The second kappa shape index (κ2) is 5.73. The maximum Gasteiger partial charge on any atom is 0.0738 e. The van der Waals surface area contributed by atoms with Crippen molar-refractivity contribution in [1.82, 2.24) is 5.32 Å². The molecule has 4 nitrogen and oxygen atoms in total. The van der Waals surface area contributed by atoms with Crippen molar-refractivity contribution in [2.24, 2.45) is 0 Å². The third-order valence-corrected chi connectivity index (χ3v) is 6.68. The average Bonchev–Trinajstić information content (AvgIpc) is 3.17. The minimum atomic E-state index is 0.625. The highest BCUT2D eigenvalue weighted by Crippen LogP contribution is 2.48. The Kier molecular flexibility index (Phi) is 3.32. The van der Waals surface area contributed by atoms with Gasteiger partial charge in [-0.25, -0.2) is 0 Å². The molecule has 2 aromatic carbocycles. The first-order valence-corrected chi connectivity index (χ1v) is 9.92. The van der Waals surface area contributed by atoms with Gasteiger partial charge in [0.05, 0.1) is 13.2 Å². The fraction of sp³-hybridized carbons (Fsp3) is 0.455. The number of nitrogens with one attached hydrogen (secondary N) is 1. The van der Waals surface area contributed by atoms with Gasteiger partial charge in [-0.2, -0.15) is 0 Å². The minimum Gasteiger partial charge on any atom is -0.375 e. The summed E-state index contributed by atoms with van der Waals surface area (Å²) in [6.45, 7) is 6.91. The molecule has 0 aromatic heterocycles. The van der Waals surface area contributed by atoms with Crippen molar-refractivity contribution in [1.29, 1.82) is 0 Å². The Morgan fingerprint density at radius 2 is 1.88 bits per heavy atom. The second-order valence-electron chi connectivity index (χ2n) is 8.08. The van der Waals surface area contributed by atoms with Crippen LogP contribution < -0.4 is 15.1 Å². The third kappa shape index (κ3) is 2.15. The van der Waals surface area contributed by atoms with Crippen molar-refractivity contribution in [3.05, 3.63) is 58.7 Å². The molecule has 0 amide bonds. The van der Waals surface area contributed by atoms with Gasteiger partial charge in [0.15, 0.2) is 0 Å². The first kappa shape index (κ1) is 15.1. The van der Waals surface area contributed by atoms with Gasteiger partial charge < -0.3 is 19.9 Å². The number of rotatable bonds is 1. The molecule has 4 heterocycles. The standard InChI is InChI=1S/C22H25N3O/c1-2-4-16-13-24(12-15(16)3-1)18-9-17-14-26-8-7-25-21-5-6-23-11-20(21)19(10-18)22(17)25/h1-4,9-10,20-21,23H,5-8,11-14H2. The van der Waals surface area contributed by atoms with Crippen LogP contribution in [0.2, 0.25) is 0 Å². The molecule has 1 saturated heterocycles. The SMILES string of the molecule is c1ccc2c(c1)CN(c1cc3c4c(c1)C1CNCCC1N4CCOC3)C2. The van der Waals surface area contributed by atoms with Gasteiger partial charge in [0.25, 0.3) is 0 Å². The van der Waals surface area contributed by atoms with Gasteiger partial charge in [-0.05, 0) is 41.8 Å². The lowest BCUT2D eigenvalue weighted by Gasteiger charge is -2.33. The van der Waals surface area contributed by atoms with E-state index in [0.717, 1.165) is 45.9 Å². The zero-order chi connectivity index (χ0) is 17.1. The Balaban J connectivity index is 1.44. The van der Waals surface area contributed by atoms with E-state index in [9.17, 15) is 0 Å². The molecule has 1 N–H and O–H groups in total. The Hall–Kier alpha value is -2.04. The summed E-state index contributed by atoms with van der Waals surface area (Å²) < 4.78 is 5.96. The number of ether oxygens (including phenoxy) is 1. The number of benzene rings is 2. The van der Waals surface area contributed by atoms with Crippen LogP contribution in [-0.4, -0.2) is 32.3 Å². The number of fused-ring (bicyclic) bond motifs is 4. The molecular formula is C22H25N3O. The predicted molar refractivity (Wildman–Crippen MR) is 104 cm³/mol. The van der Waals surface area contributed by atoms with Crippen LogP contribution in [0.25, 0.3) is 0 Å². The van der Waals surface area contributed by atoms with Crippen LogP contribution in [0.5, 0.6) is 0 Å². The largest absolute Gasteiger partial charge is 0.375 e. The Morgan fingerprint density at radius 1 is 1.04 bits per heavy atom. The van der Waals surface area contributed by atoms with Crippen molar-refractivity contribution in [2.75, 3.05) is 36.0 Å². The summed E-state index contributed by atoms with van der Waals surface area (Å²) in [6, 6.07) is 14.4. The maximum absolute atomic E-state index is 5.96. The van der Waals surface area contributed by atoms with Crippen LogP contribution in [0.1, 0.15) is 34.6 Å². The summed E-state index contributed by atoms with van der Waals surface area (Å²) in [5.74, 6) is 0.625. The monoisotopic (exact) mass is 347 g/mol. The second-order valence-corrected chi connectivity index (χ2v) is 8.08. The average molecular weight is 347 g/mol. The third-order valence-electron chi connectivity index (χ3n) is 6.68.